The summed E-state index contributed by atoms with van der Waals surface area (Å²) in [5.41, 5.74) is 4.77. The van der Waals surface area contributed by atoms with Crippen LogP contribution in [-0.2, 0) is 11.3 Å². The van der Waals surface area contributed by atoms with Crippen LogP contribution in [0.5, 0.6) is 0 Å². The van der Waals surface area contributed by atoms with Crippen molar-refractivity contribution < 1.29 is 9.53 Å². The minimum atomic E-state index is -0.0635. The van der Waals surface area contributed by atoms with Crippen LogP contribution >= 0.6 is 11.3 Å². The molecule has 1 aliphatic heterocycles. The number of aromatic nitrogens is 3. The third-order valence-corrected chi connectivity index (χ3v) is 6.35. The maximum atomic E-state index is 13.5. The average molecular weight is 399 g/mol. The fraction of sp³-hybridized carbons (Fsp3) is 0.476. The molecule has 0 radical (unpaired) electrons. The first kappa shape index (κ1) is 19.1. The molecule has 4 rings (SSSR count). The summed E-state index contributed by atoms with van der Waals surface area (Å²) in [6.07, 6.45) is 2.06. The zero-order valence-electron chi connectivity index (χ0n) is 16.9. The second-order valence-electron chi connectivity index (χ2n) is 7.46. The fourth-order valence-corrected chi connectivity index (χ4v) is 4.84. The quantitative estimate of drug-likeness (QED) is 0.644. The van der Waals surface area contributed by atoms with E-state index >= 15 is 0 Å². The molecule has 148 valence electrons. The van der Waals surface area contributed by atoms with Gasteiger partial charge in [-0.15, -0.1) is 0 Å². The molecule has 1 atom stereocenters. The third kappa shape index (κ3) is 3.56. The highest BCUT2D eigenvalue weighted by atomic mass is 32.1. The molecule has 0 N–H and O–H groups in total. The molecular weight excluding hydrogens is 372 g/mol. The summed E-state index contributed by atoms with van der Waals surface area (Å²) in [6.45, 7) is 10.0. The molecule has 7 heteroatoms. The summed E-state index contributed by atoms with van der Waals surface area (Å²) < 4.78 is 8.73. The highest BCUT2D eigenvalue weighted by molar-refractivity contribution is 7.22. The van der Waals surface area contributed by atoms with Gasteiger partial charge in [-0.2, -0.15) is 5.10 Å². The molecule has 0 aliphatic carbocycles. The molecule has 1 amide bonds. The highest BCUT2D eigenvalue weighted by Gasteiger charge is 2.29. The van der Waals surface area contributed by atoms with Gasteiger partial charge in [0.25, 0.3) is 5.91 Å². The Labute approximate surface area is 169 Å². The van der Waals surface area contributed by atoms with Crippen molar-refractivity contribution in [2.45, 2.75) is 53.2 Å². The highest BCUT2D eigenvalue weighted by Crippen LogP contribution is 2.33. The normalized spacial score (nSPS) is 16.8. The van der Waals surface area contributed by atoms with Gasteiger partial charge in [-0.3, -0.25) is 14.4 Å². The number of amides is 1. The smallest absolute Gasteiger partial charge is 0.278 e. The Morgan fingerprint density at radius 1 is 1.32 bits per heavy atom. The molecule has 0 saturated carbocycles. The van der Waals surface area contributed by atoms with Crippen LogP contribution in [0, 0.1) is 20.8 Å². The maximum Gasteiger partial charge on any atom is 0.278 e. The molecule has 28 heavy (non-hydrogen) atoms. The lowest BCUT2D eigenvalue weighted by atomic mass is 10.1. The molecule has 0 spiro atoms. The molecule has 1 aliphatic rings. The topological polar surface area (TPSA) is 60.2 Å². The molecule has 0 unspecified atom stereocenters. The van der Waals surface area contributed by atoms with E-state index in [0.29, 0.717) is 18.8 Å². The average Bonchev–Trinajstić information content (AvgIpc) is 3.38. The summed E-state index contributed by atoms with van der Waals surface area (Å²) >= 11 is 1.58. The van der Waals surface area contributed by atoms with Gasteiger partial charge in [0.15, 0.2) is 5.13 Å². The number of carbonyl (C=O) groups is 1. The van der Waals surface area contributed by atoms with Crippen molar-refractivity contribution in [1.82, 2.24) is 14.8 Å². The van der Waals surface area contributed by atoms with E-state index in [1.165, 1.54) is 11.1 Å². The van der Waals surface area contributed by atoms with Crippen LogP contribution < -0.4 is 4.90 Å². The number of aryl methyl sites for hydroxylation is 4. The summed E-state index contributed by atoms with van der Waals surface area (Å²) in [5, 5.41) is 5.17. The maximum absolute atomic E-state index is 13.5. The summed E-state index contributed by atoms with van der Waals surface area (Å²) in [5.74, 6) is -0.0635. The Morgan fingerprint density at radius 3 is 2.86 bits per heavy atom. The van der Waals surface area contributed by atoms with Gasteiger partial charge in [0.2, 0.25) is 0 Å². The Kier molecular flexibility index (Phi) is 5.21. The van der Waals surface area contributed by atoms with Crippen LogP contribution in [0.1, 0.15) is 47.1 Å². The molecule has 1 aromatic carbocycles. The standard InChI is InChI=1S/C21H26N4O2S/c1-5-25-18(11-15(4)23-25)20(26)24(12-16-7-6-8-27-16)21-22-17-10-13(2)9-14(3)19(17)28-21/h9-11,16H,5-8,12H2,1-4H3/t16-/m1/s1. The van der Waals surface area contributed by atoms with Gasteiger partial charge in [-0.25, -0.2) is 4.98 Å². The van der Waals surface area contributed by atoms with Gasteiger partial charge in [0, 0.05) is 13.2 Å². The Morgan fingerprint density at radius 2 is 2.14 bits per heavy atom. The van der Waals surface area contributed by atoms with Gasteiger partial charge in [-0.05, 0) is 63.8 Å². The third-order valence-electron chi connectivity index (χ3n) is 5.12. The van der Waals surface area contributed by atoms with Crippen molar-refractivity contribution in [1.29, 1.82) is 0 Å². The number of hydrogen-bond donors (Lipinski definition) is 0. The van der Waals surface area contributed by atoms with Crippen LogP contribution in [0.4, 0.5) is 5.13 Å². The van der Waals surface area contributed by atoms with Crippen molar-refractivity contribution in [3.8, 4) is 0 Å². The van der Waals surface area contributed by atoms with Crippen LogP contribution in [0.3, 0.4) is 0 Å². The number of anilines is 1. The summed E-state index contributed by atoms with van der Waals surface area (Å²) in [4.78, 5) is 20.1. The number of fused-ring (bicyclic) bond motifs is 1. The summed E-state index contributed by atoms with van der Waals surface area (Å²) in [6, 6.07) is 6.10. The van der Waals surface area contributed by atoms with E-state index < -0.39 is 0 Å². The number of nitrogens with zero attached hydrogens (tertiary/aromatic N) is 4. The largest absolute Gasteiger partial charge is 0.376 e. The minimum absolute atomic E-state index is 0.0536. The first-order valence-electron chi connectivity index (χ1n) is 9.82. The lowest BCUT2D eigenvalue weighted by Crippen LogP contribution is -2.38. The molecule has 1 fully saturated rings. The molecule has 1 saturated heterocycles. The van der Waals surface area contributed by atoms with E-state index in [-0.39, 0.29) is 12.0 Å². The number of thiazole rings is 1. The first-order chi connectivity index (χ1) is 13.5. The zero-order chi connectivity index (χ0) is 19.8. The lowest BCUT2D eigenvalue weighted by Gasteiger charge is -2.23. The van der Waals surface area contributed by atoms with Crippen molar-refractivity contribution in [2.75, 3.05) is 18.1 Å². The van der Waals surface area contributed by atoms with Gasteiger partial charge in [-0.1, -0.05) is 17.4 Å². The van der Waals surface area contributed by atoms with Gasteiger partial charge < -0.3 is 4.74 Å². The molecular formula is C21H26N4O2S. The monoisotopic (exact) mass is 398 g/mol. The molecule has 3 heterocycles. The summed E-state index contributed by atoms with van der Waals surface area (Å²) in [7, 11) is 0. The Balaban J connectivity index is 1.76. The van der Waals surface area contributed by atoms with Crippen LogP contribution in [0.2, 0.25) is 0 Å². The SMILES string of the molecule is CCn1nc(C)cc1C(=O)N(C[C@H]1CCCO1)c1nc2cc(C)cc(C)c2s1. The number of rotatable bonds is 5. The number of benzene rings is 1. The second kappa shape index (κ2) is 7.64. The van der Waals surface area contributed by atoms with E-state index in [0.717, 1.165) is 40.5 Å². The van der Waals surface area contributed by atoms with Crippen molar-refractivity contribution >= 4 is 32.6 Å². The van der Waals surface area contributed by atoms with Gasteiger partial charge >= 0.3 is 0 Å². The van der Waals surface area contributed by atoms with Crippen molar-refractivity contribution in [3.05, 3.63) is 40.7 Å². The van der Waals surface area contributed by atoms with E-state index in [2.05, 4.69) is 31.1 Å². The number of hydrogen-bond acceptors (Lipinski definition) is 5. The van der Waals surface area contributed by atoms with E-state index in [1.807, 2.05) is 19.9 Å². The van der Waals surface area contributed by atoms with Crippen molar-refractivity contribution in [3.63, 3.8) is 0 Å². The predicted octanol–water partition coefficient (Wildman–Crippen LogP) is 4.26. The fourth-order valence-electron chi connectivity index (χ4n) is 3.82. The van der Waals surface area contributed by atoms with E-state index in [1.54, 1.807) is 20.9 Å². The predicted molar refractivity (Wildman–Crippen MR) is 112 cm³/mol. The number of ether oxygens (including phenoxy) is 1. The van der Waals surface area contributed by atoms with Gasteiger partial charge in [0.1, 0.15) is 5.69 Å². The Hall–Kier alpha value is -2.25. The minimum Gasteiger partial charge on any atom is -0.376 e. The van der Waals surface area contributed by atoms with E-state index in [4.69, 9.17) is 9.72 Å². The molecule has 2 aromatic heterocycles. The molecule has 3 aromatic rings. The van der Waals surface area contributed by atoms with Crippen LogP contribution in [0.25, 0.3) is 10.2 Å². The van der Waals surface area contributed by atoms with E-state index in [9.17, 15) is 4.79 Å². The lowest BCUT2D eigenvalue weighted by molar-refractivity contribution is 0.0908. The van der Waals surface area contributed by atoms with Crippen molar-refractivity contribution in [2.24, 2.45) is 0 Å². The number of carbonyl (C=O) groups excluding carboxylic acids is 1. The molecule has 6 nitrogen and oxygen atoms in total. The molecule has 0 bridgehead atoms. The Bertz CT molecular complexity index is 1020. The van der Waals surface area contributed by atoms with Gasteiger partial charge in [0.05, 0.1) is 28.6 Å². The zero-order valence-corrected chi connectivity index (χ0v) is 17.7. The van der Waals surface area contributed by atoms with Crippen LogP contribution in [0.15, 0.2) is 18.2 Å². The first-order valence-corrected chi connectivity index (χ1v) is 10.6. The second-order valence-corrected chi connectivity index (χ2v) is 8.44. The van der Waals surface area contributed by atoms with Crippen LogP contribution in [-0.4, -0.2) is 39.9 Å².